The molecule has 0 atom stereocenters. The lowest BCUT2D eigenvalue weighted by molar-refractivity contribution is -0.386. The van der Waals surface area contributed by atoms with Gasteiger partial charge in [0.2, 0.25) is 5.78 Å². The van der Waals surface area contributed by atoms with E-state index in [1.165, 1.54) is 0 Å². The normalized spacial score (nSPS) is 12.5. The van der Waals surface area contributed by atoms with Gasteiger partial charge in [0.1, 0.15) is 5.56 Å². The van der Waals surface area contributed by atoms with Crippen molar-refractivity contribution in [3.63, 3.8) is 0 Å². The minimum absolute atomic E-state index is 0.350. The Labute approximate surface area is 131 Å². The van der Waals surface area contributed by atoms with E-state index >= 15 is 0 Å². The maximum absolute atomic E-state index is 12.5. The molecular formula is C14H6N2O8. The predicted octanol–water partition coefficient (Wildman–Crippen LogP) is 1.69. The lowest BCUT2D eigenvalue weighted by Crippen LogP contribution is -2.22. The van der Waals surface area contributed by atoms with E-state index in [1.54, 1.807) is 0 Å². The van der Waals surface area contributed by atoms with Crippen LogP contribution in [0.1, 0.15) is 31.8 Å². The smallest absolute Gasteiger partial charge is 0.322 e. The molecule has 0 saturated carbocycles. The van der Waals surface area contributed by atoms with Crippen molar-refractivity contribution in [3.8, 4) is 11.5 Å². The summed E-state index contributed by atoms with van der Waals surface area (Å²) in [6.07, 6.45) is 0. The van der Waals surface area contributed by atoms with E-state index in [9.17, 15) is 40.0 Å². The van der Waals surface area contributed by atoms with E-state index in [4.69, 9.17) is 0 Å². The van der Waals surface area contributed by atoms with Crippen LogP contribution in [0.5, 0.6) is 11.5 Å². The van der Waals surface area contributed by atoms with E-state index in [1.807, 2.05) is 0 Å². The molecule has 2 N–H and O–H groups in total. The average Bonchev–Trinajstić information content (AvgIpc) is 2.51. The number of nitrogens with zero attached hydrogens (tertiary/aromatic N) is 2. The topological polar surface area (TPSA) is 161 Å². The van der Waals surface area contributed by atoms with Crippen LogP contribution in [0.3, 0.4) is 0 Å². The van der Waals surface area contributed by atoms with E-state index in [-0.39, 0.29) is 11.1 Å². The first-order chi connectivity index (χ1) is 11.2. The number of phenols is 2. The minimum atomic E-state index is -1.00. The summed E-state index contributed by atoms with van der Waals surface area (Å²) in [4.78, 5) is 45.0. The molecule has 0 fully saturated rings. The van der Waals surface area contributed by atoms with Crippen molar-refractivity contribution >= 4 is 22.9 Å². The molecule has 0 aromatic heterocycles. The Balaban J connectivity index is 2.36. The minimum Gasteiger partial charge on any atom is -0.502 e. The Kier molecular flexibility index (Phi) is 3.04. The summed E-state index contributed by atoms with van der Waals surface area (Å²) < 4.78 is 0. The zero-order valence-corrected chi connectivity index (χ0v) is 11.5. The van der Waals surface area contributed by atoms with Crippen LogP contribution in [0.4, 0.5) is 11.4 Å². The zero-order valence-electron chi connectivity index (χ0n) is 11.5. The summed E-state index contributed by atoms with van der Waals surface area (Å²) >= 11 is 0. The van der Waals surface area contributed by atoms with Crippen molar-refractivity contribution in [1.29, 1.82) is 0 Å². The number of hydrogen-bond acceptors (Lipinski definition) is 8. The van der Waals surface area contributed by atoms with Gasteiger partial charge in [0.15, 0.2) is 17.3 Å². The lowest BCUT2D eigenvalue weighted by atomic mass is 9.82. The second kappa shape index (κ2) is 4.84. The second-order valence-corrected chi connectivity index (χ2v) is 4.91. The summed E-state index contributed by atoms with van der Waals surface area (Å²) in [6.45, 7) is 0. The Morgan fingerprint density at radius 3 is 2.00 bits per heavy atom. The summed E-state index contributed by atoms with van der Waals surface area (Å²) in [6, 6.07) is 3.37. The molecule has 1 aliphatic rings. The monoisotopic (exact) mass is 330 g/mol. The Bertz CT molecular complexity index is 975. The van der Waals surface area contributed by atoms with Crippen molar-refractivity contribution in [2.24, 2.45) is 0 Å². The van der Waals surface area contributed by atoms with Crippen molar-refractivity contribution in [2.75, 3.05) is 0 Å². The maximum Gasteiger partial charge on any atom is 0.322 e. The fourth-order valence-electron chi connectivity index (χ4n) is 2.56. The molecule has 10 heteroatoms. The molecule has 0 saturated heterocycles. The Hall–Kier alpha value is -3.82. The van der Waals surface area contributed by atoms with Gasteiger partial charge >= 0.3 is 11.4 Å². The summed E-state index contributed by atoms with van der Waals surface area (Å²) in [5.74, 6) is -3.50. The van der Waals surface area contributed by atoms with Gasteiger partial charge in [-0.3, -0.25) is 29.8 Å². The van der Waals surface area contributed by atoms with E-state index in [0.29, 0.717) is 6.07 Å². The number of carbonyl (C=O) groups excluding carboxylic acids is 2. The van der Waals surface area contributed by atoms with Gasteiger partial charge in [0.05, 0.1) is 9.85 Å². The summed E-state index contributed by atoms with van der Waals surface area (Å²) in [7, 11) is 0. The summed E-state index contributed by atoms with van der Waals surface area (Å²) in [5, 5.41) is 41.2. The zero-order chi connectivity index (χ0) is 17.8. The van der Waals surface area contributed by atoms with Gasteiger partial charge in [0.25, 0.3) is 0 Å². The number of phenolic OH excluding ortho intramolecular Hbond substituents is 2. The van der Waals surface area contributed by atoms with Gasteiger partial charge in [-0.05, 0) is 18.2 Å². The summed E-state index contributed by atoms with van der Waals surface area (Å²) in [5.41, 5.74) is -3.44. The van der Waals surface area contributed by atoms with E-state index in [2.05, 4.69) is 0 Å². The van der Waals surface area contributed by atoms with Gasteiger partial charge < -0.3 is 10.2 Å². The lowest BCUT2D eigenvalue weighted by Gasteiger charge is -2.17. The molecule has 0 aliphatic heterocycles. The van der Waals surface area contributed by atoms with Gasteiger partial charge in [-0.2, -0.15) is 0 Å². The van der Waals surface area contributed by atoms with Crippen LogP contribution in [0.25, 0.3) is 0 Å². The molecule has 10 nitrogen and oxygen atoms in total. The van der Waals surface area contributed by atoms with Crippen molar-refractivity contribution in [3.05, 3.63) is 66.7 Å². The average molecular weight is 330 g/mol. The first-order valence-electron chi connectivity index (χ1n) is 6.35. The number of nitro benzene ring substituents is 2. The van der Waals surface area contributed by atoms with Crippen molar-refractivity contribution < 1.29 is 29.6 Å². The highest BCUT2D eigenvalue weighted by atomic mass is 16.6. The molecule has 2 aromatic rings. The third-order valence-corrected chi connectivity index (χ3v) is 3.61. The number of carbonyl (C=O) groups is 2. The number of nitro groups is 2. The highest BCUT2D eigenvalue weighted by Gasteiger charge is 2.39. The number of rotatable bonds is 2. The number of aromatic hydroxyl groups is 2. The van der Waals surface area contributed by atoms with Crippen molar-refractivity contribution in [2.45, 2.75) is 0 Å². The van der Waals surface area contributed by atoms with E-state index in [0.717, 1.165) is 18.2 Å². The highest BCUT2D eigenvalue weighted by Crippen LogP contribution is 2.41. The molecule has 0 amide bonds. The third-order valence-electron chi connectivity index (χ3n) is 3.61. The molecule has 1 aliphatic carbocycles. The quantitative estimate of drug-likeness (QED) is 0.530. The maximum atomic E-state index is 12.5. The molecule has 0 unspecified atom stereocenters. The fraction of sp³-hybridized carbons (Fsp3) is 0. The molecule has 0 spiro atoms. The van der Waals surface area contributed by atoms with Gasteiger partial charge in [-0.1, -0.05) is 0 Å². The Morgan fingerprint density at radius 1 is 0.792 bits per heavy atom. The van der Waals surface area contributed by atoms with Crippen LogP contribution in [0, 0.1) is 20.2 Å². The molecule has 120 valence electrons. The standard InChI is InChI=1S/C14H6N2O8/c17-9-2-1-5-11(12(9)16(23)24)14(20)7-4-10(18)8(15(21)22)3-6(7)13(5)19/h1-4,17-18H. The van der Waals surface area contributed by atoms with E-state index < -0.39 is 55.4 Å². The third kappa shape index (κ3) is 1.90. The number of fused-ring (bicyclic) bond motifs is 2. The largest absolute Gasteiger partial charge is 0.502 e. The number of hydrogen-bond donors (Lipinski definition) is 2. The van der Waals surface area contributed by atoms with Crippen LogP contribution >= 0.6 is 0 Å². The Morgan fingerprint density at radius 2 is 1.42 bits per heavy atom. The van der Waals surface area contributed by atoms with Crippen LogP contribution < -0.4 is 0 Å². The molecule has 3 rings (SSSR count). The number of ketones is 2. The predicted molar refractivity (Wildman–Crippen MR) is 76.4 cm³/mol. The molecule has 0 radical (unpaired) electrons. The van der Waals surface area contributed by atoms with Gasteiger partial charge in [0, 0.05) is 22.8 Å². The SMILES string of the molecule is O=C1c2cc([N+](=O)[O-])c(O)cc2C(=O)c2c1ccc(O)c2[N+](=O)[O-]. The molecule has 2 aromatic carbocycles. The molecule has 0 heterocycles. The molecule has 0 bridgehead atoms. The van der Waals surface area contributed by atoms with Gasteiger partial charge in [-0.25, -0.2) is 0 Å². The second-order valence-electron chi connectivity index (χ2n) is 4.91. The van der Waals surface area contributed by atoms with Crippen LogP contribution in [-0.4, -0.2) is 31.6 Å². The highest BCUT2D eigenvalue weighted by molar-refractivity contribution is 6.30. The van der Waals surface area contributed by atoms with Crippen molar-refractivity contribution in [1.82, 2.24) is 0 Å². The van der Waals surface area contributed by atoms with Crippen LogP contribution in [-0.2, 0) is 0 Å². The molecule has 24 heavy (non-hydrogen) atoms. The number of benzene rings is 2. The first kappa shape index (κ1) is 15.1. The fourth-order valence-corrected chi connectivity index (χ4v) is 2.56. The first-order valence-corrected chi connectivity index (χ1v) is 6.35. The van der Waals surface area contributed by atoms with Crippen LogP contribution in [0.2, 0.25) is 0 Å². The van der Waals surface area contributed by atoms with Gasteiger partial charge in [-0.15, -0.1) is 0 Å². The van der Waals surface area contributed by atoms with Crippen LogP contribution in [0.15, 0.2) is 24.3 Å². The molecular weight excluding hydrogens is 324 g/mol.